The summed E-state index contributed by atoms with van der Waals surface area (Å²) < 4.78 is 0. The van der Waals surface area contributed by atoms with E-state index in [0.717, 1.165) is 25.7 Å². The van der Waals surface area contributed by atoms with Gasteiger partial charge in [0.15, 0.2) is 0 Å². The van der Waals surface area contributed by atoms with Crippen LogP contribution in [0.2, 0.25) is 0 Å². The molecule has 4 aliphatic rings. The summed E-state index contributed by atoms with van der Waals surface area (Å²) in [4.78, 5) is 37.7. The standard InChI is InChI=1S/C28H44O6/c1-15(6-9-24(33)34)20-7-8-21-25-22(10-11-26(20,21)4)27(5)18(13-23(25)32)12-19(31)14-28(27,16(2)29)17(3)30/h15,18-23,25,31-32H,6-14H2,1-5H3,(H,33,34)/t15-,18?,19-,20-,21+,22+,23+,25+,26-,27+/m1/s1. The van der Waals surface area contributed by atoms with Crippen LogP contribution in [-0.4, -0.2) is 45.1 Å². The monoisotopic (exact) mass is 476 g/mol. The number of fused-ring (bicyclic) bond motifs is 5. The highest BCUT2D eigenvalue weighted by Gasteiger charge is 2.71. The van der Waals surface area contributed by atoms with Crippen molar-refractivity contribution in [3.05, 3.63) is 0 Å². The summed E-state index contributed by atoms with van der Waals surface area (Å²) in [7, 11) is 0. The molecule has 1 unspecified atom stereocenters. The smallest absolute Gasteiger partial charge is 0.303 e. The van der Waals surface area contributed by atoms with E-state index >= 15 is 0 Å². The Morgan fingerprint density at radius 2 is 1.62 bits per heavy atom. The van der Waals surface area contributed by atoms with Gasteiger partial charge in [0, 0.05) is 6.42 Å². The molecule has 0 aromatic rings. The second kappa shape index (κ2) is 8.69. The summed E-state index contributed by atoms with van der Waals surface area (Å²) in [6, 6.07) is 0. The van der Waals surface area contributed by atoms with Gasteiger partial charge in [-0.15, -0.1) is 0 Å². The molecule has 0 bridgehead atoms. The summed E-state index contributed by atoms with van der Waals surface area (Å²) in [6.45, 7) is 9.69. The van der Waals surface area contributed by atoms with Crippen LogP contribution in [0.5, 0.6) is 0 Å². The molecule has 192 valence electrons. The van der Waals surface area contributed by atoms with E-state index in [1.807, 2.05) is 0 Å². The Morgan fingerprint density at radius 1 is 0.971 bits per heavy atom. The topological polar surface area (TPSA) is 112 Å². The Morgan fingerprint density at radius 3 is 2.21 bits per heavy atom. The first-order chi connectivity index (χ1) is 15.8. The van der Waals surface area contributed by atoms with Gasteiger partial charge >= 0.3 is 5.97 Å². The average Bonchev–Trinajstić information content (AvgIpc) is 3.09. The molecule has 0 aromatic heterocycles. The van der Waals surface area contributed by atoms with Gasteiger partial charge in [-0.1, -0.05) is 20.8 Å². The van der Waals surface area contributed by atoms with Crippen LogP contribution in [0.3, 0.4) is 0 Å². The number of hydrogen-bond donors (Lipinski definition) is 3. The van der Waals surface area contributed by atoms with Crippen LogP contribution >= 0.6 is 0 Å². The number of carbonyl (C=O) groups is 3. The summed E-state index contributed by atoms with van der Waals surface area (Å²) in [6.07, 6.45) is 4.82. The SMILES string of the molecule is CC(=O)C1(C(C)=O)C[C@H](O)CC2C[C@H](O)[C@H]3[C@@H]4CC[C@H]([C@H](C)CCC(=O)O)[C@@]4(C)CC[C@@H]3[C@]21C. The minimum atomic E-state index is -1.20. The number of aliphatic carboxylic acids is 1. The van der Waals surface area contributed by atoms with Gasteiger partial charge in [0.2, 0.25) is 0 Å². The van der Waals surface area contributed by atoms with Gasteiger partial charge in [0.1, 0.15) is 11.6 Å². The van der Waals surface area contributed by atoms with Crippen molar-refractivity contribution in [1.82, 2.24) is 0 Å². The summed E-state index contributed by atoms with van der Waals surface area (Å²) in [5, 5.41) is 31.4. The van der Waals surface area contributed by atoms with Crippen LogP contribution in [0.1, 0.15) is 92.4 Å². The first kappa shape index (κ1) is 25.8. The molecule has 0 aromatic carbocycles. The quantitative estimate of drug-likeness (QED) is 0.494. The lowest BCUT2D eigenvalue weighted by molar-refractivity contribution is -0.221. The lowest BCUT2D eigenvalue weighted by Gasteiger charge is -2.67. The Bertz CT molecular complexity index is 838. The molecule has 0 saturated heterocycles. The number of carboxylic acid groups (broad SMARTS) is 1. The van der Waals surface area contributed by atoms with Crippen LogP contribution in [0, 0.1) is 51.8 Å². The van der Waals surface area contributed by atoms with E-state index in [-0.39, 0.29) is 47.6 Å². The molecule has 0 amide bonds. The Labute approximate surface area is 203 Å². The van der Waals surface area contributed by atoms with Crippen molar-refractivity contribution in [3.63, 3.8) is 0 Å². The van der Waals surface area contributed by atoms with E-state index < -0.39 is 29.0 Å². The fourth-order valence-electron chi connectivity index (χ4n) is 10.2. The molecule has 6 nitrogen and oxygen atoms in total. The normalized spacial score (nSPS) is 46.0. The molecule has 0 spiro atoms. The number of ketones is 2. The number of carboxylic acids is 1. The largest absolute Gasteiger partial charge is 0.481 e. The zero-order valence-electron chi connectivity index (χ0n) is 21.5. The van der Waals surface area contributed by atoms with Gasteiger partial charge in [-0.25, -0.2) is 0 Å². The minimum Gasteiger partial charge on any atom is -0.481 e. The average molecular weight is 477 g/mol. The van der Waals surface area contributed by atoms with Crippen molar-refractivity contribution >= 4 is 17.5 Å². The first-order valence-corrected chi connectivity index (χ1v) is 13.4. The maximum absolute atomic E-state index is 13.2. The summed E-state index contributed by atoms with van der Waals surface area (Å²) in [5.41, 5.74) is -1.73. The fourth-order valence-corrected chi connectivity index (χ4v) is 10.2. The first-order valence-electron chi connectivity index (χ1n) is 13.4. The van der Waals surface area contributed by atoms with E-state index in [0.29, 0.717) is 37.0 Å². The maximum atomic E-state index is 13.2. The molecule has 4 rings (SSSR count). The van der Waals surface area contributed by atoms with Crippen molar-refractivity contribution in [1.29, 1.82) is 0 Å². The number of Topliss-reactive ketones (excluding diaryl/α,β-unsaturated/α-hetero) is 2. The molecule has 4 fully saturated rings. The van der Waals surface area contributed by atoms with Crippen molar-refractivity contribution in [2.24, 2.45) is 51.8 Å². The lowest BCUT2D eigenvalue weighted by atomic mass is 9.36. The molecular weight excluding hydrogens is 432 g/mol. The number of hydrogen-bond acceptors (Lipinski definition) is 5. The highest BCUT2D eigenvalue weighted by molar-refractivity contribution is 6.06. The third kappa shape index (κ3) is 3.45. The number of aliphatic hydroxyl groups excluding tert-OH is 2. The Hall–Kier alpha value is -1.27. The fraction of sp³-hybridized carbons (Fsp3) is 0.893. The third-order valence-corrected chi connectivity index (χ3v) is 11.7. The van der Waals surface area contributed by atoms with E-state index in [1.54, 1.807) is 0 Å². The van der Waals surface area contributed by atoms with Crippen LogP contribution in [-0.2, 0) is 14.4 Å². The molecule has 4 saturated carbocycles. The zero-order valence-corrected chi connectivity index (χ0v) is 21.5. The van der Waals surface area contributed by atoms with Crippen LogP contribution in [0.15, 0.2) is 0 Å². The molecule has 4 aliphatic carbocycles. The van der Waals surface area contributed by atoms with Crippen molar-refractivity contribution < 1.29 is 29.7 Å². The maximum Gasteiger partial charge on any atom is 0.303 e. The molecule has 0 radical (unpaired) electrons. The van der Waals surface area contributed by atoms with Crippen molar-refractivity contribution in [2.45, 2.75) is 105 Å². The second-order valence-electron chi connectivity index (χ2n) is 12.8. The van der Waals surface area contributed by atoms with Gasteiger partial charge in [-0.3, -0.25) is 14.4 Å². The summed E-state index contributed by atoms with van der Waals surface area (Å²) in [5.74, 6) is 0.0526. The molecular formula is C28H44O6. The highest BCUT2D eigenvalue weighted by atomic mass is 16.4. The van der Waals surface area contributed by atoms with Crippen LogP contribution in [0.25, 0.3) is 0 Å². The molecule has 34 heavy (non-hydrogen) atoms. The zero-order chi connectivity index (χ0) is 25.2. The molecule has 3 N–H and O–H groups in total. The van der Waals surface area contributed by atoms with Crippen molar-refractivity contribution in [2.75, 3.05) is 0 Å². The molecule has 0 aliphatic heterocycles. The minimum absolute atomic E-state index is 0.0324. The number of carbonyl (C=O) groups excluding carboxylic acids is 2. The van der Waals surface area contributed by atoms with E-state index in [2.05, 4.69) is 20.8 Å². The van der Waals surface area contributed by atoms with E-state index in [4.69, 9.17) is 0 Å². The van der Waals surface area contributed by atoms with Gasteiger partial charge in [0.25, 0.3) is 0 Å². The number of rotatable bonds is 6. The van der Waals surface area contributed by atoms with E-state index in [1.165, 1.54) is 13.8 Å². The number of aliphatic hydroxyl groups is 2. The van der Waals surface area contributed by atoms with E-state index in [9.17, 15) is 29.7 Å². The molecule has 6 heteroatoms. The third-order valence-electron chi connectivity index (χ3n) is 11.7. The molecule has 0 heterocycles. The molecule has 10 atom stereocenters. The second-order valence-corrected chi connectivity index (χ2v) is 12.8. The Kier molecular flexibility index (Phi) is 6.60. The van der Waals surface area contributed by atoms with Crippen molar-refractivity contribution in [3.8, 4) is 0 Å². The summed E-state index contributed by atoms with van der Waals surface area (Å²) >= 11 is 0. The predicted octanol–water partition coefficient (Wildman–Crippen LogP) is 4.25. The van der Waals surface area contributed by atoms with Gasteiger partial charge < -0.3 is 15.3 Å². The lowest BCUT2D eigenvalue weighted by Crippen LogP contribution is -2.68. The van der Waals surface area contributed by atoms with Gasteiger partial charge in [-0.05, 0) is 112 Å². The van der Waals surface area contributed by atoms with Crippen LogP contribution < -0.4 is 0 Å². The van der Waals surface area contributed by atoms with Crippen LogP contribution in [0.4, 0.5) is 0 Å². The van der Waals surface area contributed by atoms with Gasteiger partial charge in [-0.2, -0.15) is 0 Å². The van der Waals surface area contributed by atoms with Gasteiger partial charge in [0.05, 0.1) is 17.6 Å². The Balaban J connectivity index is 1.72. The highest BCUT2D eigenvalue weighted by Crippen LogP contribution is 2.71. The predicted molar refractivity (Wildman–Crippen MR) is 128 cm³/mol.